The third kappa shape index (κ3) is 4.54. The van der Waals surface area contributed by atoms with Crippen molar-refractivity contribution in [1.29, 1.82) is 0 Å². The van der Waals surface area contributed by atoms with Gasteiger partial charge in [0.1, 0.15) is 5.82 Å². The number of hydrogen-bond donors (Lipinski definition) is 1. The molecule has 1 fully saturated rings. The van der Waals surface area contributed by atoms with Crippen molar-refractivity contribution < 1.29 is 0 Å². The van der Waals surface area contributed by atoms with Crippen LogP contribution in [0.2, 0.25) is 0 Å². The predicted octanol–water partition coefficient (Wildman–Crippen LogP) is 2.64. The van der Waals surface area contributed by atoms with Gasteiger partial charge in [0.05, 0.1) is 0 Å². The maximum atomic E-state index is 4.47. The Morgan fingerprint density at radius 2 is 1.92 bits per heavy atom. The molecule has 1 N–H and O–H groups in total. The van der Waals surface area contributed by atoms with Crippen LogP contribution in [0.4, 0.5) is 5.82 Å². The molecular weight excluding hydrogens is 322 g/mol. The number of aromatic nitrogens is 1. The van der Waals surface area contributed by atoms with Crippen molar-refractivity contribution in [3.8, 4) is 0 Å². The number of rotatable bonds is 4. The highest BCUT2D eigenvalue weighted by Crippen LogP contribution is 2.13. The molecule has 0 amide bonds. The van der Waals surface area contributed by atoms with Gasteiger partial charge in [-0.15, -0.1) is 0 Å². The van der Waals surface area contributed by atoms with Crippen LogP contribution in [0.5, 0.6) is 0 Å². The zero-order valence-corrected chi connectivity index (χ0v) is 16.1. The number of benzene rings is 1. The minimum Gasteiger partial charge on any atom is -0.356 e. The van der Waals surface area contributed by atoms with Crippen molar-refractivity contribution in [2.24, 2.45) is 4.99 Å². The molecule has 0 unspecified atom stereocenters. The number of anilines is 1. The van der Waals surface area contributed by atoms with Gasteiger partial charge in [0.15, 0.2) is 5.96 Å². The molecule has 0 radical (unpaired) electrons. The second kappa shape index (κ2) is 8.70. The number of aryl methyl sites for hydroxylation is 2. The van der Waals surface area contributed by atoms with Crippen LogP contribution in [0.25, 0.3) is 0 Å². The average molecular weight is 351 g/mol. The maximum absolute atomic E-state index is 4.47. The fraction of sp³-hybridized carbons (Fsp3) is 0.429. The van der Waals surface area contributed by atoms with Gasteiger partial charge in [0.2, 0.25) is 0 Å². The summed E-state index contributed by atoms with van der Waals surface area (Å²) in [5.41, 5.74) is 4.09. The van der Waals surface area contributed by atoms with Crippen LogP contribution >= 0.6 is 0 Å². The first-order valence-corrected chi connectivity index (χ1v) is 9.35. The van der Waals surface area contributed by atoms with Crippen molar-refractivity contribution in [1.82, 2.24) is 15.2 Å². The molecule has 1 aliphatic rings. The molecule has 26 heavy (non-hydrogen) atoms. The van der Waals surface area contributed by atoms with E-state index in [4.69, 9.17) is 0 Å². The minimum atomic E-state index is 0.900. The number of aliphatic imine (C=N–C) groups is 1. The lowest BCUT2D eigenvalue weighted by Crippen LogP contribution is -2.53. The van der Waals surface area contributed by atoms with Gasteiger partial charge in [-0.2, -0.15) is 0 Å². The van der Waals surface area contributed by atoms with Crippen LogP contribution < -0.4 is 10.2 Å². The highest BCUT2D eigenvalue weighted by atomic mass is 15.4. The standard InChI is InChI=1S/C21H29N5/c1-17-7-8-19(18(2)16-17)9-11-24-21(22-3)26-14-12-25(13-15-26)20-6-4-5-10-23-20/h4-8,10,16H,9,11-15H2,1-3H3,(H,22,24). The van der Waals surface area contributed by atoms with Crippen LogP contribution in [0, 0.1) is 13.8 Å². The van der Waals surface area contributed by atoms with Crippen molar-refractivity contribution in [3.05, 3.63) is 59.3 Å². The zero-order chi connectivity index (χ0) is 18.4. The summed E-state index contributed by atoms with van der Waals surface area (Å²) < 4.78 is 0. The van der Waals surface area contributed by atoms with Gasteiger partial charge < -0.3 is 15.1 Å². The molecule has 0 saturated carbocycles. The van der Waals surface area contributed by atoms with E-state index in [9.17, 15) is 0 Å². The summed E-state index contributed by atoms with van der Waals surface area (Å²) in [6, 6.07) is 12.8. The molecule has 1 aromatic heterocycles. The van der Waals surface area contributed by atoms with Gasteiger partial charge in [-0.1, -0.05) is 29.8 Å². The van der Waals surface area contributed by atoms with E-state index in [0.717, 1.165) is 50.9 Å². The molecule has 1 aromatic carbocycles. The summed E-state index contributed by atoms with van der Waals surface area (Å²) in [6.07, 6.45) is 2.87. The van der Waals surface area contributed by atoms with Crippen LogP contribution in [0.1, 0.15) is 16.7 Å². The first-order valence-electron chi connectivity index (χ1n) is 9.35. The fourth-order valence-corrected chi connectivity index (χ4v) is 3.46. The van der Waals surface area contributed by atoms with Crippen molar-refractivity contribution in [3.63, 3.8) is 0 Å². The third-order valence-electron chi connectivity index (χ3n) is 4.94. The molecule has 5 nitrogen and oxygen atoms in total. The van der Waals surface area contributed by atoms with E-state index in [-0.39, 0.29) is 0 Å². The Kier molecular flexibility index (Phi) is 6.10. The van der Waals surface area contributed by atoms with E-state index >= 15 is 0 Å². The Morgan fingerprint density at radius 1 is 1.12 bits per heavy atom. The van der Waals surface area contributed by atoms with E-state index in [1.54, 1.807) is 0 Å². The van der Waals surface area contributed by atoms with Crippen LogP contribution in [-0.4, -0.2) is 55.6 Å². The third-order valence-corrected chi connectivity index (χ3v) is 4.94. The lowest BCUT2D eigenvalue weighted by atomic mass is 10.0. The Labute approximate surface area is 156 Å². The first kappa shape index (κ1) is 18.2. The van der Waals surface area contributed by atoms with Gasteiger partial charge in [0, 0.05) is 46.0 Å². The summed E-state index contributed by atoms with van der Waals surface area (Å²) in [5.74, 6) is 2.06. The van der Waals surface area contributed by atoms with Crippen molar-refractivity contribution >= 4 is 11.8 Å². The van der Waals surface area contributed by atoms with E-state index in [2.05, 4.69) is 63.2 Å². The van der Waals surface area contributed by atoms with E-state index < -0.39 is 0 Å². The summed E-state index contributed by atoms with van der Waals surface area (Å²) in [4.78, 5) is 13.6. The smallest absolute Gasteiger partial charge is 0.193 e. The quantitative estimate of drug-likeness (QED) is 0.679. The zero-order valence-electron chi connectivity index (χ0n) is 16.1. The topological polar surface area (TPSA) is 43.8 Å². The summed E-state index contributed by atoms with van der Waals surface area (Å²) in [7, 11) is 1.87. The monoisotopic (exact) mass is 351 g/mol. The number of nitrogens with zero attached hydrogens (tertiary/aromatic N) is 4. The normalized spacial score (nSPS) is 15.3. The first-order chi connectivity index (χ1) is 12.7. The van der Waals surface area contributed by atoms with Gasteiger partial charge in [-0.05, 0) is 43.5 Å². The Hall–Kier alpha value is -2.56. The summed E-state index contributed by atoms with van der Waals surface area (Å²) >= 11 is 0. The van der Waals surface area contributed by atoms with Crippen LogP contribution in [-0.2, 0) is 6.42 Å². The number of hydrogen-bond acceptors (Lipinski definition) is 3. The Balaban J connectivity index is 1.49. The van der Waals surface area contributed by atoms with Crippen molar-refractivity contribution in [2.75, 3.05) is 44.7 Å². The lowest BCUT2D eigenvalue weighted by molar-refractivity contribution is 0.372. The van der Waals surface area contributed by atoms with E-state index in [0.29, 0.717) is 0 Å². The molecule has 0 bridgehead atoms. The lowest BCUT2D eigenvalue weighted by Gasteiger charge is -2.37. The van der Waals surface area contributed by atoms with E-state index in [1.807, 2.05) is 25.4 Å². The maximum Gasteiger partial charge on any atom is 0.193 e. The number of guanidine groups is 1. The van der Waals surface area contributed by atoms with Gasteiger partial charge >= 0.3 is 0 Å². The SMILES string of the molecule is CN=C(NCCc1ccc(C)cc1C)N1CCN(c2ccccn2)CC1. The largest absolute Gasteiger partial charge is 0.356 e. The number of nitrogens with one attached hydrogen (secondary N) is 1. The highest BCUT2D eigenvalue weighted by Gasteiger charge is 2.20. The molecule has 2 aromatic rings. The number of pyridine rings is 1. The summed E-state index contributed by atoms with van der Waals surface area (Å²) in [6.45, 7) is 9.08. The molecule has 138 valence electrons. The van der Waals surface area contributed by atoms with E-state index in [1.165, 1.54) is 16.7 Å². The highest BCUT2D eigenvalue weighted by molar-refractivity contribution is 5.80. The predicted molar refractivity (Wildman–Crippen MR) is 109 cm³/mol. The minimum absolute atomic E-state index is 0.900. The second-order valence-electron chi connectivity index (χ2n) is 6.82. The Bertz CT molecular complexity index is 733. The van der Waals surface area contributed by atoms with Crippen molar-refractivity contribution in [2.45, 2.75) is 20.3 Å². The Morgan fingerprint density at radius 3 is 2.58 bits per heavy atom. The van der Waals surface area contributed by atoms with Crippen LogP contribution in [0.3, 0.4) is 0 Å². The summed E-state index contributed by atoms with van der Waals surface area (Å²) in [5, 5.41) is 3.53. The molecule has 1 saturated heterocycles. The van der Waals surface area contributed by atoms with Crippen LogP contribution in [0.15, 0.2) is 47.6 Å². The molecule has 5 heteroatoms. The molecule has 3 rings (SSSR count). The number of piperazine rings is 1. The average Bonchev–Trinajstić information content (AvgIpc) is 2.68. The second-order valence-corrected chi connectivity index (χ2v) is 6.82. The molecule has 1 aliphatic heterocycles. The molecular formula is C21H29N5. The molecule has 0 aliphatic carbocycles. The molecule has 0 spiro atoms. The van der Waals surface area contributed by atoms with Gasteiger partial charge in [0.25, 0.3) is 0 Å². The van der Waals surface area contributed by atoms with Gasteiger partial charge in [-0.25, -0.2) is 4.98 Å². The fourth-order valence-electron chi connectivity index (χ4n) is 3.46. The molecule has 2 heterocycles. The van der Waals surface area contributed by atoms with Gasteiger partial charge in [-0.3, -0.25) is 4.99 Å². The molecule has 0 atom stereocenters.